The Bertz CT molecular complexity index is 659. The highest BCUT2D eigenvalue weighted by molar-refractivity contribution is 6.29. The zero-order valence-corrected chi connectivity index (χ0v) is 12.9. The summed E-state index contributed by atoms with van der Waals surface area (Å²) in [5, 5.41) is 0.282. The number of likely N-dealkylation sites (N-methyl/N-ethyl adjacent to an activating group) is 1. The number of nitrogens with zero attached hydrogens (tertiary/aromatic N) is 2. The molecule has 0 radical (unpaired) electrons. The normalized spacial score (nSPS) is 11.6. The predicted molar refractivity (Wildman–Crippen MR) is 84.0 cm³/mol. The van der Waals surface area contributed by atoms with Crippen LogP contribution in [0.5, 0.6) is 0 Å². The van der Waals surface area contributed by atoms with E-state index in [1.165, 1.54) is 30.2 Å². The smallest absolute Gasteiger partial charge is 0.340 e. The summed E-state index contributed by atoms with van der Waals surface area (Å²) < 4.78 is 5.17. The van der Waals surface area contributed by atoms with Gasteiger partial charge in [-0.15, -0.1) is 0 Å². The van der Waals surface area contributed by atoms with E-state index in [0.717, 1.165) is 5.69 Å². The standard InChI is InChI=1S/C16H15ClN2O3/c1-11(15(20)19(2)13-6-4-3-5-7-13)22-16(21)12-8-9-14(17)18-10-12/h3-11H,1-2H3/t11-/m1/s1. The van der Waals surface area contributed by atoms with E-state index in [4.69, 9.17) is 16.3 Å². The average molecular weight is 319 g/mol. The Labute approximate surface area is 133 Å². The van der Waals surface area contributed by atoms with E-state index in [2.05, 4.69) is 4.98 Å². The number of hydrogen-bond donors (Lipinski definition) is 0. The van der Waals surface area contributed by atoms with Crippen LogP contribution in [0.25, 0.3) is 0 Å². The molecule has 0 spiro atoms. The van der Waals surface area contributed by atoms with Crippen LogP contribution < -0.4 is 4.90 Å². The van der Waals surface area contributed by atoms with Crippen molar-refractivity contribution in [3.63, 3.8) is 0 Å². The Kier molecular flexibility index (Phi) is 5.12. The van der Waals surface area contributed by atoms with E-state index in [9.17, 15) is 9.59 Å². The largest absolute Gasteiger partial charge is 0.449 e. The molecule has 0 aliphatic carbocycles. The highest BCUT2D eigenvalue weighted by atomic mass is 35.5. The lowest BCUT2D eigenvalue weighted by atomic mass is 10.2. The molecular formula is C16H15ClN2O3. The molecule has 0 N–H and O–H groups in total. The van der Waals surface area contributed by atoms with Crippen molar-refractivity contribution in [2.75, 3.05) is 11.9 Å². The number of pyridine rings is 1. The van der Waals surface area contributed by atoms with Gasteiger partial charge in [0.25, 0.3) is 5.91 Å². The number of rotatable bonds is 4. The van der Waals surface area contributed by atoms with Gasteiger partial charge in [0.15, 0.2) is 6.10 Å². The molecule has 0 saturated carbocycles. The monoisotopic (exact) mass is 318 g/mol. The summed E-state index contributed by atoms with van der Waals surface area (Å²) in [7, 11) is 1.63. The van der Waals surface area contributed by atoms with Crippen molar-refractivity contribution in [2.24, 2.45) is 0 Å². The van der Waals surface area contributed by atoms with Crippen LogP contribution in [-0.4, -0.2) is 30.0 Å². The second-order valence-electron chi connectivity index (χ2n) is 4.65. The predicted octanol–water partition coefficient (Wildman–Crippen LogP) is 2.94. The summed E-state index contributed by atoms with van der Waals surface area (Å²) in [6.45, 7) is 1.53. The number of carbonyl (C=O) groups excluding carboxylic acids is 2. The van der Waals surface area contributed by atoms with Crippen molar-refractivity contribution in [3.8, 4) is 0 Å². The van der Waals surface area contributed by atoms with Crippen molar-refractivity contribution in [2.45, 2.75) is 13.0 Å². The number of halogens is 1. The number of ether oxygens (including phenoxy) is 1. The molecule has 22 heavy (non-hydrogen) atoms. The molecule has 5 nitrogen and oxygen atoms in total. The van der Waals surface area contributed by atoms with Gasteiger partial charge in [0.1, 0.15) is 5.15 Å². The molecule has 0 saturated heterocycles. The third-order valence-electron chi connectivity index (χ3n) is 3.07. The van der Waals surface area contributed by atoms with Gasteiger partial charge in [-0.05, 0) is 31.2 Å². The molecule has 2 rings (SSSR count). The number of benzene rings is 1. The van der Waals surface area contributed by atoms with E-state index in [1.54, 1.807) is 19.2 Å². The van der Waals surface area contributed by atoms with Crippen molar-refractivity contribution < 1.29 is 14.3 Å². The second kappa shape index (κ2) is 7.04. The second-order valence-corrected chi connectivity index (χ2v) is 5.04. The van der Waals surface area contributed by atoms with E-state index in [0.29, 0.717) is 0 Å². The summed E-state index contributed by atoms with van der Waals surface area (Å²) >= 11 is 5.66. The highest BCUT2D eigenvalue weighted by Gasteiger charge is 2.23. The van der Waals surface area contributed by atoms with Crippen LogP contribution in [0, 0.1) is 0 Å². The molecule has 0 fully saturated rings. The lowest BCUT2D eigenvalue weighted by Crippen LogP contribution is -2.37. The fourth-order valence-electron chi connectivity index (χ4n) is 1.83. The summed E-state index contributed by atoms with van der Waals surface area (Å²) in [6, 6.07) is 12.1. The number of esters is 1. The van der Waals surface area contributed by atoms with Gasteiger partial charge in [-0.1, -0.05) is 29.8 Å². The number of carbonyl (C=O) groups is 2. The average Bonchev–Trinajstić information content (AvgIpc) is 2.54. The maximum absolute atomic E-state index is 12.3. The first-order valence-electron chi connectivity index (χ1n) is 6.64. The zero-order chi connectivity index (χ0) is 16.1. The number of hydrogen-bond acceptors (Lipinski definition) is 4. The first-order valence-corrected chi connectivity index (χ1v) is 7.02. The van der Waals surface area contributed by atoms with Gasteiger partial charge in [0.05, 0.1) is 5.56 Å². The molecule has 6 heteroatoms. The Hall–Kier alpha value is -2.40. The maximum atomic E-state index is 12.3. The minimum atomic E-state index is -0.909. The molecular weight excluding hydrogens is 304 g/mol. The molecule has 1 aromatic carbocycles. The van der Waals surface area contributed by atoms with Crippen LogP contribution in [-0.2, 0) is 9.53 Å². The van der Waals surface area contributed by atoms with Crippen molar-refractivity contribution in [1.82, 2.24) is 4.98 Å². The molecule has 0 unspecified atom stereocenters. The molecule has 2 aromatic rings. The summed E-state index contributed by atoms with van der Waals surface area (Å²) in [5.41, 5.74) is 0.968. The minimum Gasteiger partial charge on any atom is -0.449 e. The van der Waals surface area contributed by atoms with Crippen LogP contribution in [0.1, 0.15) is 17.3 Å². The minimum absolute atomic E-state index is 0.242. The quantitative estimate of drug-likeness (QED) is 0.642. The number of anilines is 1. The van der Waals surface area contributed by atoms with Crippen LogP contribution in [0.15, 0.2) is 48.7 Å². The van der Waals surface area contributed by atoms with Crippen LogP contribution in [0.2, 0.25) is 5.15 Å². The maximum Gasteiger partial charge on any atom is 0.340 e. The zero-order valence-electron chi connectivity index (χ0n) is 12.2. The first-order chi connectivity index (χ1) is 10.5. The molecule has 0 aliphatic heterocycles. The van der Waals surface area contributed by atoms with Gasteiger partial charge in [-0.25, -0.2) is 9.78 Å². The summed E-state index contributed by atoms with van der Waals surface area (Å²) in [5.74, 6) is -0.937. The van der Waals surface area contributed by atoms with Gasteiger partial charge < -0.3 is 9.64 Å². The van der Waals surface area contributed by atoms with Gasteiger partial charge in [-0.2, -0.15) is 0 Å². The number of aromatic nitrogens is 1. The highest BCUT2D eigenvalue weighted by Crippen LogP contribution is 2.14. The Morgan fingerprint density at radius 1 is 1.18 bits per heavy atom. The Balaban J connectivity index is 2.02. The fourth-order valence-corrected chi connectivity index (χ4v) is 1.94. The van der Waals surface area contributed by atoms with E-state index < -0.39 is 12.1 Å². The van der Waals surface area contributed by atoms with Crippen molar-refractivity contribution in [1.29, 1.82) is 0 Å². The van der Waals surface area contributed by atoms with Crippen LogP contribution in [0.3, 0.4) is 0 Å². The molecule has 1 heterocycles. The Morgan fingerprint density at radius 3 is 2.45 bits per heavy atom. The van der Waals surface area contributed by atoms with Gasteiger partial charge in [-0.3, -0.25) is 4.79 Å². The third-order valence-corrected chi connectivity index (χ3v) is 3.29. The van der Waals surface area contributed by atoms with Gasteiger partial charge >= 0.3 is 5.97 Å². The summed E-state index contributed by atoms with van der Waals surface area (Å²) in [6.07, 6.45) is 0.399. The van der Waals surface area contributed by atoms with E-state index >= 15 is 0 Å². The molecule has 114 valence electrons. The number of para-hydroxylation sites is 1. The van der Waals surface area contributed by atoms with Crippen molar-refractivity contribution >= 4 is 29.2 Å². The molecule has 1 aromatic heterocycles. The van der Waals surface area contributed by atoms with Gasteiger partial charge in [0.2, 0.25) is 0 Å². The van der Waals surface area contributed by atoms with E-state index in [1.807, 2.05) is 18.2 Å². The molecule has 1 atom stereocenters. The molecule has 0 bridgehead atoms. The Morgan fingerprint density at radius 2 is 1.86 bits per heavy atom. The van der Waals surface area contributed by atoms with Crippen molar-refractivity contribution in [3.05, 3.63) is 59.4 Å². The molecule has 0 aliphatic rings. The van der Waals surface area contributed by atoms with E-state index in [-0.39, 0.29) is 16.6 Å². The van der Waals surface area contributed by atoms with Gasteiger partial charge in [0, 0.05) is 18.9 Å². The third kappa shape index (κ3) is 3.83. The first kappa shape index (κ1) is 16.0. The van der Waals surface area contributed by atoms with Crippen LogP contribution in [0.4, 0.5) is 5.69 Å². The number of amides is 1. The molecule has 1 amide bonds. The topological polar surface area (TPSA) is 59.5 Å². The van der Waals surface area contributed by atoms with Crippen LogP contribution >= 0.6 is 11.6 Å². The lowest BCUT2D eigenvalue weighted by molar-refractivity contribution is -0.126. The lowest BCUT2D eigenvalue weighted by Gasteiger charge is -2.21. The SMILES string of the molecule is C[C@@H](OC(=O)c1ccc(Cl)nc1)C(=O)N(C)c1ccccc1. The fraction of sp³-hybridized carbons (Fsp3) is 0.188. The summed E-state index contributed by atoms with van der Waals surface area (Å²) in [4.78, 5) is 29.5.